The Labute approximate surface area is 116 Å². The molecule has 0 aromatic heterocycles. The number of para-hydroxylation sites is 1. The fraction of sp³-hybridized carbons (Fsp3) is 0.143. The summed E-state index contributed by atoms with van der Waals surface area (Å²) in [5, 5.41) is 1.28. The standard InChI is InChI=1S/C14H11Cl2NO/c15-11-5-6-13(12(16)7-11)17-8-10-3-1-2-4-14(10)18-9-17/h1-7H,8-9H2. The van der Waals surface area contributed by atoms with E-state index in [0.717, 1.165) is 23.5 Å². The zero-order valence-corrected chi connectivity index (χ0v) is 11.1. The summed E-state index contributed by atoms with van der Waals surface area (Å²) in [6.07, 6.45) is 0. The second-order valence-electron chi connectivity index (χ2n) is 4.17. The summed E-state index contributed by atoms with van der Waals surface area (Å²) in [5.74, 6) is 0.943. The first kappa shape index (κ1) is 11.7. The van der Waals surface area contributed by atoms with Crippen LogP contribution in [-0.4, -0.2) is 6.73 Å². The van der Waals surface area contributed by atoms with Crippen LogP contribution >= 0.6 is 23.2 Å². The highest BCUT2D eigenvalue weighted by atomic mass is 35.5. The summed E-state index contributed by atoms with van der Waals surface area (Å²) in [4.78, 5) is 2.08. The molecule has 0 N–H and O–H groups in total. The third-order valence-electron chi connectivity index (χ3n) is 2.96. The molecule has 18 heavy (non-hydrogen) atoms. The van der Waals surface area contributed by atoms with Crippen molar-refractivity contribution in [1.82, 2.24) is 0 Å². The number of nitrogens with zero attached hydrogens (tertiary/aromatic N) is 1. The van der Waals surface area contributed by atoms with Gasteiger partial charge in [0, 0.05) is 17.1 Å². The first-order valence-corrected chi connectivity index (χ1v) is 6.40. The third-order valence-corrected chi connectivity index (χ3v) is 3.50. The Morgan fingerprint density at radius 2 is 1.89 bits per heavy atom. The first-order chi connectivity index (χ1) is 8.74. The number of anilines is 1. The van der Waals surface area contributed by atoms with Gasteiger partial charge >= 0.3 is 0 Å². The zero-order chi connectivity index (χ0) is 12.5. The van der Waals surface area contributed by atoms with Crippen molar-refractivity contribution in [3.05, 3.63) is 58.1 Å². The van der Waals surface area contributed by atoms with E-state index in [1.54, 1.807) is 6.07 Å². The van der Waals surface area contributed by atoms with Crippen molar-refractivity contribution in [3.8, 4) is 5.75 Å². The second-order valence-corrected chi connectivity index (χ2v) is 5.02. The molecule has 4 heteroatoms. The number of hydrogen-bond donors (Lipinski definition) is 0. The minimum Gasteiger partial charge on any atom is -0.473 e. The molecule has 2 aromatic rings. The number of benzene rings is 2. The average molecular weight is 280 g/mol. The van der Waals surface area contributed by atoms with E-state index in [9.17, 15) is 0 Å². The fourth-order valence-corrected chi connectivity index (χ4v) is 2.59. The summed E-state index contributed by atoms with van der Waals surface area (Å²) < 4.78 is 5.71. The minimum atomic E-state index is 0.498. The van der Waals surface area contributed by atoms with Crippen LogP contribution in [0.2, 0.25) is 10.0 Å². The Morgan fingerprint density at radius 3 is 2.72 bits per heavy atom. The van der Waals surface area contributed by atoms with Gasteiger partial charge in [0.25, 0.3) is 0 Å². The molecule has 0 unspecified atom stereocenters. The van der Waals surface area contributed by atoms with Crippen LogP contribution in [0.1, 0.15) is 5.56 Å². The van der Waals surface area contributed by atoms with Crippen molar-refractivity contribution in [3.63, 3.8) is 0 Å². The summed E-state index contributed by atoms with van der Waals surface area (Å²) in [7, 11) is 0. The molecule has 0 radical (unpaired) electrons. The maximum absolute atomic E-state index is 6.21. The van der Waals surface area contributed by atoms with E-state index in [1.165, 1.54) is 0 Å². The number of hydrogen-bond acceptors (Lipinski definition) is 2. The molecule has 1 aliphatic heterocycles. The highest BCUT2D eigenvalue weighted by Gasteiger charge is 2.18. The fourth-order valence-electron chi connectivity index (χ4n) is 2.07. The zero-order valence-electron chi connectivity index (χ0n) is 9.57. The van der Waals surface area contributed by atoms with Crippen LogP contribution in [0.3, 0.4) is 0 Å². The number of halogens is 2. The van der Waals surface area contributed by atoms with Gasteiger partial charge in [0.2, 0.25) is 0 Å². The Bertz CT molecular complexity index is 586. The Balaban J connectivity index is 1.92. The number of rotatable bonds is 1. The summed E-state index contributed by atoms with van der Waals surface area (Å²) >= 11 is 12.1. The largest absolute Gasteiger partial charge is 0.473 e. The lowest BCUT2D eigenvalue weighted by Gasteiger charge is -2.31. The van der Waals surface area contributed by atoms with Crippen LogP contribution in [-0.2, 0) is 6.54 Å². The summed E-state index contributed by atoms with van der Waals surface area (Å²) in [6.45, 7) is 1.29. The van der Waals surface area contributed by atoms with E-state index in [-0.39, 0.29) is 0 Å². The van der Waals surface area contributed by atoms with Crippen molar-refractivity contribution in [2.24, 2.45) is 0 Å². The molecular weight excluding hydrogens is 269 g/mol. The molecule has 92 valence electrons. The molecule has 0 bridgehead atoms. The molecule has 0 atom stereocenters. The Kier molecular flexibility index (Phi) is 3.06. The van der Waals surface area contributed by atoms with Crippen LogP contribution in [0.25, 0.3) is 0 Å². The molecule has 3 rings (SSSR count). The molecular formula is C14H11Cl2NO. The lowest BCUT2D eigenvalue weighted by Crippen LogP contribution is -2.31. The van der Waals surface area contributed by atoms with Crippen molar-refractivity contribution in [1.29, 1.82) is 0 Å². The highest BCUT2D eigenvalue weighted by molar-refractivity contribution is 6.36. The number of fused-ring (bicyclic) bond motifs is 1. The quantitative estimate of drug-likeness (QED) is 0.770. The molecule has 0 spiro atoms. The van der Waals surface area contributed by atoms with E-state index in [2.05, 4.69) is 11.0 Å². The van der Waals surface area contributed by atoms with Gasteiger partial charge < -0.3 is 9.64 Å². The Hall–Kier alpha value is -1.38. The minimum absolute atomic E-state index is 0.498. The van der Waals surface area contributed by atoms with E-state index < -0.39 is 0 Å². The second kappa shape index (κ2) is 4.71. The van der Waals surface area contributed by atoms with Crippen LogP contribution < -0.4 is 9.64 Å². The van der Waals surface area contributed by atoms with Gasteiger partial charge in [-0.1, -0.05) is 41.4 Å². The summed E-state index contributed by atoms with van der Waals surface area (Å²) in [5.41, 5.74) is 2.10. The average Bonchev–Trinajstić information content (AvgIpc) is 2.38. The van der Waals surface area contributed by atoms with Gasteiger partial charge in [-0.2, -0.15) is 0 Å². The predicted octanol–water partition coefficient (Wildman–Crippen LogP) is 4.35. The van der Waals surface area contributed by atoms with Gasteiger partial charge in [0.15, 0.2) is 6.73 Å². The van der Waals surface area contributed by atoms with Crippen LogP contribution in [0.4, 0.5) is 5.69 Å². The van der Waals surface area contributed by atoms with E-state index in [0.29, 0.717) is 16.8 Å². The van der Waals surface area contributed by atoms with Crippen molar-refractivity contribution < 1.29 is 4.74 Å². The smallest absolute Gasteiger partial charge is 0.161 e. The van der Waals surface area contributed by atoms with Gasteiger partial charge in [0.05, 0.1) is 10.7 Å². The van der Waals surface area contributed by atoms with E-state index in [4.69, 9.17) is 27.9 Å². The monoisotopic (exact) mass is 279 g/mol. The molecule has 1 heterocycles. The van der Waals surface area contributed by atoms with Crippen LogP contribution in [0.15, 0.2) is 42.5 Å². The van der Waals surface area contributed by atoms with Gasteiger partial charge in [-0.3, -0.25) is 0 Å². The van der Waals surface area contributed by atoms with Gasteiger partial charge in [-0.05, 0) is 24.3 Å². The first-order valence-electron chi connectivity index (χ1n) is 5.65. The van der Waals surface area contributed by atoms with Crippen molar-refractivity contribution in [2.45, 2.75) is 6.54 Å². The van der Waals surface area contributed by atoms with E-state index >= 15 is 0 Å². The lowest BCUT2D eigenvalue weighted by molar-refractivity contribution is 0.289. The third kappa shape index (κ3) is 2.14. The van der Waals surface area contributed by atoms with Gasteiger partial charge in [0.1, 0.15) is 5.75 Å². The van der Waals surface area contributed by atoms with Crippen molar-refractivity contribution >= 4 is 28.9 Å². The molecule has 0 fully saturated rings. The summed E-state index contributed by atoms with van der Waals surface area (Å²) in [6, 6.07) is 13.5. The maximum Gasteiger partial charge on any atom is 0.161 e. The lowest BCUT2D eigenvalue weighted by atomic mass is 10.1. The molecule has 0 saturated carbocycles. The predicted molar refractivity (Wildman–Crippen MR) is 74.6 cm³/mol. The number of ether oxygens (including phenoxy) is 1. The molecule has 0 saturated heterocycles. The SMILES string of the molecule is Clc1ccc(N2COc3ccccc3C2)c(Cl)c1. The highest BCUT2D eigenvalue weighted by Crippen LogP contribution is 2.33. The molecule has 2 aromatic carbocycles. The maximum atomic E-state index is 6.21. The van der Waals surface area contributed by atoms with Crippen molar-refractivity contribution in [2.75, 3.05) is 11.6 Å². The van der Waals surface area contributed by atoms with Crippen LogP contribution in [0, 0.1) is 0 Å². The van der Waals surface area contributed by atoms with Gasteiger partial charge in [-0.15, -0.1) is 0 Å². The van der Waals surface area contributed by atoms with E-state index in [1.807, 2.05) is 30.3 Å². The molecule has 0 amide bonds. The topological polar surface area (TPSA) is 12.5 Å². The van der Waals surface area contributed by atoms with Crippen LogP contribution in [0.5, 0.6) is 5.75 Å². The molecule has 0 aliphatic carbocycles. The van der Waals surface area contributed by atoms with Gasteiger partial charge in [-0.25, -0.2) is 0 Å². The molecule has 2 nitrogen and oxygen atoms in total. The Morgan fingerprint density at radius 1 is 1.06 bits per heavy atom. The molecule has 1 aliphatic rings. The normalized spacial score (nSPS) is 14.0.